The molecule has 0 spiro atoms. The lowest BCUT2D eigenvalue weighted by Gasteiger charge is -2.15. The maximum atomic E-state index is 9.22. The number of β-amino-alcohol motifs (C(OH)–C–C–N with tert-alkyl or cyclic N) is 1. The molecule has 1 N–H and O–H groups in total. The molecule has 1 saturated heterocycles. The molecule has 0 radical (unpaired) electrons. The standard InChI is InChI=1S/C10H19NO2/c12-10-7-11(13-8-10)6-5-9-3-1-2-4-9/h9-10,12H,1-8H2. The molecule has 0 aromatic rings. The number of rotatable bonds is 3. The van der Waals surface area contributed by atoms with E-state index in [-0.39, 0.29) is 6.10 Å². The van der Waals surface area contributed by atoms with Crippen LogP contribution in [0.25, 0.3) is 0 Å². The van der Waals surface area contributed by atoms with Crippen molar-refractivity contribution in [3.05, 3.63) is 0 Å². The van der Waals surface area contributed by atoms with Gasteiger partial charge in [0.25, 0.3) is 0 Å². The second kappa shape index (κ2) is 4.40. The molecule has 0 bridgehead atoms. The van der Waals surface area contributed by atoms with Gasteiger partial charge in [-0.3, -0.25) is 4.84 Å². The molecule has 2 rings (SSSR count). The number of aliphatic hydroxyl groups is 1. The van der Waals surface area contributed by atoms with Crippen molar-refractivity contribution < 1.29 is 9.94 Å². The fourth-order valence-electron chi connectivity index (χ4n) is 2.31. The summed E-state index contributed by atoms with van der Waals surface area (Å²) in [7, 11) is 0. The number of hydrogen-bond donors (Lipinski definition) is 1. The van der Waals surface area contributed by atoms with E-state index >= 15 is 0 Å². The molecule has 0 aromatic carbocycles. The molecule has 0 amide bonds. The molecule has 1 aliphatic heterocycles. The van der Waals surface area contributed by atoms with E-state index in [1.165, 1.54) is 32.1 Å². The van der Waals surface area contributed by atoms with Crippen LogP contribution in [-0.4, -0.2) is 36.0 Å². The van der Waals surface area contributed by atoms with Gasteiger partial charge in [0.05, 0.1) is 19.3 Å². The Labute approximate surface area is 79.6 Å². The molecule has 0 aromatic heterocycles. The fraction of sp³-hybridized carbons (Fsp3) is 1.00. The monoisotopic (exact) mass is 185 g/mol. The molecule has 1 unspecified atom stereocenters. The highest BCUT2D eigenvalue weighted by atomic mass is 16.7. The summed E-state index contributed by atoms with van der Waals surface area (Å²) in [6, 6.07) is 0. The van der Waals surface area contributed by atoms with Crippen molar-refractivity contribution in [1.82, 2.24) is 5.06 Å². The van der Waals surface area contributed by atoms with Crippen molar-refractivity contribution in [1.29, 1.82) is 0 Å². The fourth-order valence-corrected chi connectivity index (χ4v) is 2.31. The van der Waals surface area contributed by atoms with Crippen molar-refractivity contribution >= 4 is 0 Å². The molecule has 3 nitrogen and oxygen atoms in total. The van der Waals surface area contributed by atoms with Crippen molar-refractivity contribution in [2.24, 2.45) is 5.92 Å². The van der Waals surface area contributed by atoms with Gasteiger partial charge in [0.2, 0.25) is 0 Å². The number of aliphatic hydroxyl groups excluding tert-OH is 1. The zero-order valence-corrected chi connectivity index (χ0v) is 8.11. The van der Waals surface area contributed by atoms with Crippen LogP contribution in [0.1, 0.15) is 32.1 Å². The van der Waals surface area contributed by atoms with Crippen molar-refractivity contribution in [3.8, 4) is 0 Å². The minimum atomic E-state index is -0.261. The average Bonchev–Trinajstić information content (AvgIpc) is 2.71. The largest absolute Gasteiger partial charge is 0.389 e. The molecular weight excluding hydrogens is 166 g/mol. The molecule has 2 aliphatic rings. The van der Waals surface area contributed by atoms with Crippen LogP contribution in [0.3, 0.4) is 0 Å². The van der Waals surface area contributed by atoms with Gasteiger partial charge in [-0.1, -0.05) is 25.7 Å². The van der Waals surface area contributed by atoms with E-state index in [0.717, 1.165) is 12.5 Å². The van der Waals surface area contributed by atoms with Crippen LogP contribution in [0.15, 0.2) is 0 Å². The average molecular weight is 185 g/mol. The lowest BCUT2D eigenvalue weighted by Crippen LogP contribution is -2.23. The lowest BCUT2D eigenvalue weighted by molar-refractivity contribution is -0.112. The van der Waals surface area contributed by atoms with Gasteiger partial charge >= 0.3 is 0 Å². The Kier molecular flexibility index (Phi) is 3.19. The molecule has 1 aliphatic carbocycles. The van der Waals surface area contributed by atoms with Gasteiger partial charge in [-0.25, -0.2) is 0 Å². The van der Waals surface area contributed by atoms with Crippen LogP contribution in [0.4, 0.5) is 0 Å². The van der Waals surface area contributed by atoms with Crippen molar-refractivity contribution in [3.63, 3.8) is 0 Å². The van der Waals surface area contributed by atoms with Crippen LogP contribution in [-0.2, 0) is 4.84 Å². The van der Waals surface area contributed by atoms with Gasteiger partial charge in [0.1, 0.15) is 0 Å². The number of hydroxylamine groups is 2. The van der Waals surface area contributed by atoms with Gasteiger partial charge in [0.15, 0.2) is 0 Å². The minimum Gasteiger partial charge on any atom is -0.389 e. The third kappa shape index (κ3) is 2.66. The lowest BCUT2D eigenvalue weighted by atomic mass is 10.0. The van der Waals surface area contributed by atoms with Crippen LogP contribution in [0.5, 0.6) is 0 Å². The summed E-state index contributed by atoms with van der Waals surface area (Å²) in [6.45, 7) is 2.19. The molecule has 3 heteroatoms. The molecule has 2 fully saturated rings. The van der Waals surface area contributed by atoms with E-state index in [0.29, 0.717) is 13.2 Å². The predicted molar refractivity (Wildman–Crippen MR) is 50.1 cm³/mol. The first-order valence-corrected chi connectivity index (χ1v) is 5.40. The van der Waals surface area contributed by atoms with E-state index < -0.39 is 0 Å². The Balaban J connectivity index is 1.62. The van der Waals surface area contributed by atoms with E-state index in [1.54, 1.807) is 0 Å². The Morgan fingerprint density at radius 3 is 2.69 bits per heavy atom. The Bertz CT molecular complexity index is 157. The van der Waals surface area contributed by atoms with Gasteiger partial charge < -0.3 is 5.11 Å². The quantitative estimate of drug-likeness (QED) is 0.716. The Hall–Kier alpha value is -0.120. The summed E-state index contributed by atoms with van der Waals surface area (Å²) in [5.74, 6) is 0.918. The minimum absolute atomic E-state index is 0.261. The number of nitrogens with zero attached hydrogens (tertiary/aromatic N) is 1. The maximum absolute atomic E-state index is 9.22. The predicted octanol–water partition coefficient (Wildman–Crippen LogP) is 1.17. The first kappa shape index (κ1) is 9.44. The molecular formula is C10H19NO2. The van der Waals surface area contributed by atoms with E-state index in [4.69, 9.17) is 4.84 Å². The third-order valence-corrected chi connectivity index (χ3v) is 3.13. The Morgan fingerprint density at radius 2 is 2.08 bits per heavy atom. The molecule has 1 saturated carbocycles. The molecule has 13 heavy (non-hydrogen) atoms. The highest BCUT2D eigenvalue weighted by molar-refractivity contribution is 4.70. The third-order valence-electron chi connectivity index (χ3n) is 3.13. The summed E-state index contributed by atoms with van der Waals surface area (Å²) >= 11 is 0. The zero-order chi connectivity index (χ0) is 9.10. The summed E-state index contributed by atoms with van der Waals surface area (Å²) < 4.78 is 0. The molecule has 76 valence electrons. The first-order valence-electron chi connectivity index (χ1n) is 5.40. The van der Waals surface area contributed by atoms with Gasteiger partial charge in [-0.15, -0.1) is 0 Å². The van der Waals surface area contributed by atoms with Gasteiger partial charge in [-0.05, 0) is 12.3 Å². The second-order valence-corrected chi connectivity index (χ2v) is 4.28. The van der Waals surface area contributed by atoms with Crippen LogP contribution < -0.4 is 0 Å². The Morgan fingerprint density at radius 1 is 1.31 bits per heavy atom. The molecule has 1 atom stereocenters. The van der Waals surface area contributed by atoms with E-state index in [1.807, 2.05) is 5.06 Å². The topological polar surface area (TPSA) is 32.7 Å². The highest BCUT2D eigenvalue weighted by Gasteiger charge is 2.22. The number of hydrogen-bond acceptors (Lipinski definition) is 3. The highest BCUT2D eigenvalue weighted by Crippen LogP contribution is 2.27. The van der Waals surface area contributed by atoms with E-state index in [2.05, 4.69) is 0 Å². The maximum Gasteiger partial charge on any atom is 0.0958 e. The first-order chi connectivity index (χ1) is 6.34. The van der Waals surface area contributed by atoms with Crippen LogP contribution in [0, 0.1) is 5.92 Å². The van der Waals surface area contributed by atoms with Crippen molar-refractivity contribution in [2.45, 2.75) is 38.2 Å². The summed E-state index contributed by atoms with van der Waals surface area (Å²) in [4.78, 5) is 5.31. The molecule has 1 heterocycles. The summed E-state index contributed by atoms with van der Waals surface area (Å²) in [5.41, 5.74) is 0. The van der Waals surface area contributed by atoms with Gasteiger partial charge in [-0.2, -0.15) is 5.06 Å². The normalized spacial score (nSPS) is 31.6. The van der Waals surface area contributed by atoms with Crippen LogP contribution in [0.2, 0.25) is 0 Å². The smallest absolute Gasteiger partial charge is 0.0958 e. The summed E-state index contributed by atoms with van der Waals surface area (Å²) in [5, 5.41) is 11.1. The second-order valence-electron chi connectivity index (χ2n) is 4.28. The zero-order valence-electron chi connectivity index (χ0n) is 8.11. The van der Waals surface area contributed by atoms with E-state index in [9.17, 15) is 5.11 Å². The van der Waals surface area contributed by atoms with Crippen LogP contribution >= 0.6 is 0 Å². The van der Waals surface area contributed by atoms with Gasteiger partial charge in [0, 0.05) is 6.54 Å². The summed E-state index contributed by atoms with van der Waals surface area (Å²) in [6.07, 6.45) is 6.60. The SMILES string of the molecule is OC1CON(CCC2CCCC2)C1. The van der Waals surface area contributed by atoms with Crippen molar-refractivity contribution in [2.75, 3.05) is 19.7 Å².